The van der Waals surface area contributed by atoms with Gasteiger partial charge in [-0.2, -0.15) is 0 Å². The van der Waals surface area contributed by atoms with Gasteiger partial charge in [0.1, 0.15) is 5.75 Å². The maximum Gasteiger partial charge on any atom is 0.335 e. The highest BCUT2D eigenvalue weighted by molar-refractivity contribution is 5.83. The Morgan fingerprint density at radius 2 is 2.29 bits per heavy atom. The predicted molar refractivity (Wildman–Crippen MR) is 50.5 cm³/mol. The van der Waals surface area contributed by atoms with Crippen molar-refractivity contribution in [3.8, 4) is 17.2 Å². The third-order valence-electron chi connectivity index (χ3n) is 1.54. The molecular weight excluding hydrogens is 184 g/mol. The molecule has 0 aliphatic heterocycles. The van der Waals surface area contributed by atoms with Crippen LogP contribution in [0, 0.1) is 0 Å². The molecule has 0 spiro atoms. The molecule has 1 rings (SSSR count). The van der Waals surface area contributed by atoms with E-state index in [9.17, 15) is 9.90 Å². The molecule has 4 heteroatoms. The van der Waals surface area contributed by atoms with Crippen molar-refractivity contribution in [3.05, 3.63) is 30.9 Å². The summed E-state index contributed by atoms with van der Waals surface area (Å²) in [4.78, 5) is 10.8. The van der Waals surface area contributed by atoms with Gasteiger partial charge in [0.2, 0.25) is 0 Å². The van der Waals surface area contributed by atoms with Gasteiger partial charge in [0.05, 0.1) is 7.11 Å². The molecule has 0 heterocycles. The topological polar surface area (TPSA) is 55.8 Å². The van der Waals surface area contributed by atoms with Gasteiger partial charge in [-0.15, -0.1) is 0 Å². The third kappa shape index (κ3) is 2.26. The summed E-state index contributed by atoms with van der Waals surface area (Å²) < 4.78 is 9.65. The molecule has 0 bridgehead atoms. The zero-order valence-corrected chi connectivity index (χ0v) is 7.69. The van der Waals surface area contributed by atoms with Gasteiger partial charge in [-0.3, -0.25) is 0 Å². The number of hydrogen-bond donors (Lipinski definition) is 1. The molecule has 0 saturated heterocycles. The van der Waals surface area contributed by atoms with Crippen LogP contribution in [0.4, 0.5) is 0 Å². The lowest BCUT2D eigenvalue weighted by atomic mass is 10.3. The molecule has 0 aliphatic rings. The van der Waals surface area contributed by atoms with Gasteiger partial charge in [0, 0.05) is 12.1 Å². The van der Waals surface area contributed by atoms with Crippen molar-refractivity contribution in [1.29, 1.82) is 0 Å². The highest BCUT2D eigenvalue weighted by Gasteiger charge is 2.05. The molecule has 1 N–H and O–H groups in total. The minimum Gasteiger partial charge on any atom is -0.504 e. The molecule has 0 radical (unpaired) electrons. The van der Waals surface area contributed by atoms with Gasteiger partial charge >= 0.3 is 5.97 Å². The minimum absolute atomic E-state index is 0.00842. The van der Waals surface area contributed by atoms with E-state index >= 15 is 0 Å². The van der Waals surface area contributed by atoms with Crippen LogP contribution in [0.1, 0.15) is 0 Å². The van der Waals surface area contributed by atoms with Crippen molar-refractivity contribution >= 4 is 5.97 Å². The van der Waals surface area contributed by atoms with Crippen molar-refractivity contribution in [2.24, 2.45) is 0 Å². The number of esters is 1. The van der Waals surface area contributed by atoms with Gasteiger partial charge in [-0.25, -0.2) is 4.79 Å². The van der Waals surface area contributed by atoms with E-state index in [0.29, 0.717) is 5.75 Å². The number of ether oxygens (including phenoxy) is 2. The van der Waals surface area contributed by atoms with Crippen LogP contribution >= 0.6 is 0 Å². The number of carbonyl (C=O) groups excluding carboxylic acids is 1. The van der Waals surface area contributed by atoms with Crippen LogP contribution in [-0.4, -0.2) is 18.2 Å². The van der Waals surface area contributed by atoms with E-state index in [1.165, 1.54) is 25.3 Å². The fourth-order valence-electron chi connectivity index (χ4n) is 0.879. The second-order valence-electron chi connectivity index (χ2n) is 2.46. The van der Waals surface area contributed by atoms with Gasteiger partial charge in [0.15, 0.2) is 11.5 Å². The maximum atomic E-state index is 10.8. The second-order valence-corrected chi connectivity index (χ2v) is 2.46. The normalized spacial score (nSPS) is 9.21. The largest absolute Gasteiger partial charge is 0.504 e. The first kappa shape index (κ1) is 10.1. The van der Waals surface area contributed by atoms with Gasteiger partial charge < -0.3 is 14.6 Å². The van der Waals surface area contributed by atoms with Gasteiger partial charge in [-0.05, 0) is 12.1 Å². The third-order valence-corrected chi connectivity index (χ3v) is 1.54. The van der Waals surface area contributed by atoms with Crippen LogP contribution in [0.15, 0.2) is 30.9 Å². The summed E-state index contributed by atoms with van der Waals surface area (Å²) in [5.74, 6) is -0.0208. The highest BCUT2D eigenvalue weighted by atomic mass is 16.5. The second kappa shape index (κ2) is 4.32. The maximum absolute atomic E-state index is 10.8. The summed E-state index contributed by atoms with van der Waals surface area (Å²) in [5, 5.41) is 9.24. The Balaban J connectivity index is 2.89. The average Bonchev–Trinajstić information content (AvgIpc) is 2.20. The standard InChI is InChI=1S/C10H10O4/c1-3-10(12)14-7-4-5-8(11)9(6-7)13-2/h3-6,11H,1H2,2H3. The summed E-state index contributed by atoms with van der Waals surface area (Å²) in [7, 11) is 1.41. The van der Waals surface area contributed by atoms with Crippen LogP contribution in [0.5, 0.6) is 17.2 Å². The zero-order valence-electron chi connectivity index (χ0n) is 7.69. The fourth-order valence-corrected chi connectivity index (χ4v) is 0.879. The Morgan fingerprint density at radius 1 is 1.57 bits per heavy atom. The molecule has 0 unspecified atom stereocenters. The molecule has 1 aromatic carbocycles. The molecule has 0 aromatic heterocycles. The van der Waals surface area contributed by atoms with E-state index in [4.69, 9.17) is 9.47 Å². The van der Waals surface area contributed by atoms with E-state index in [0.717, 1.165) is 6.08 Å². The number of phenols is 1. The molecule has 14 heavy (non-hydrogen) atoms. The van der Waals surface area contributed by atoms with Crippen molar-refractivity contribution in [2.45, 2.75) is 0 Å². The lowest BCUT2D eigenvalue weighted by Crippen LogP contribution is -2.02. The molecular formula is C10H10O4. The Bertz CT molecular complexity index is 357. The van der Waals surface area contributed by atoms with E-state index in [1.54, 1.807) is 0 Å². The minimum atomic E-state index is -0.558. The summed E-state index contributed by atoms with van der Waals surface area (Å²) in [6, 6.07) is 4.25. The van der Waals surface area contributed by atoms with Crippen molar-refractivity contribution < 1.29 is 19.4 Å². The Morgan fingerprint density at radius 3 is 2.86 bits per heavy atom. The highest BCUT2D eigenvalue weighted by Crippen LogP contribution is 2.29. The number of rotatable bonds is 3. The summed E-state index contributed by atoms with van der Waals surface area (Å²) in [6.07, 6.45) is 1.05. The fraction of sp³-hybridized carbons (Fsp3) is 0.100. The Hall–Kier alpha value is -1.97. The molecule has 0 atom stereocenters. The molecule has 4 nitrogen and oxygen atoms in total. The van der Waals surface area contributed by atoms with E-state index in [1.807, 2.05) is 0 Å². The monoisotopic (exact) mass is 194 g/mol. The van der Waals surface area contributed by atoms with Crippen LogP contribution < -0.4 is 9.47 Å². The number of benzene rings is 1. The Kier molecular flexibility index (Phi) is 3.12. The first-order valence-electron chi connectivity index (χ1n) is 3.88. The molecule has 0 amide bonds. The van der Waals surface area contributed by atoms with E-state index in [-0.39, 0.29) is 11.5 Å². The van der Waals surface area contributed by atoms with Crippen LogP contribution in [0.25, 0.3) is 0 Å². The van der Waals surface area contributed by atoms with E-state index < -0.39 is 5.97 Å². The lowest BCUT2D eigenvalue weighted by Gasteiger charge is -2.05. The van der Waals surface area contributed by atoms with Gasteiger partial charge in [0.25, 0.3) is 0 Å². The zero-order chi connectivity index (χ0) is 10.6. The SMILES string of the molecule is C=CC(=O)Oc1ccc(O)c(OC)c1. The van der Waals surface area contributed by atoms with Crippen LogP contribution in [0.2, 0.25) is 0 Å². The van der Waals surface area contributed by atoms with Crippen LogP contribution in [0.3, 0.4) is 0 Å². The predicted octanol–water partition coefficient (Wildman–Crippen LogP) is 1.49. The molecule has 0 fully saturated rings. The van der Waals surface area contributed by atoms with Crippen molar-refractivity contribution in [2.75, 3.05) is 7.11 Å². The van der Waals surface area contributed by atoms with Crippen molar-refractivity contribution in [3.63, 3.8) is 0 Å². The van der Waals surface area contributed by atoms with Crippen LogP contribution in [-0.2, 0) is 4.79 Å². The van der Waals surface area contributed by atoms with E-state index in [2.05, 4.69) is 6.58 Å². The average molecular weight is 194 g/mol. The summed E-state index contributed by atoms with van der Waals surface area (Å²) >= 11 is 0. The first-order valence-corrected chi connectivity index (χ1v) is 3.88. The Labute approximate surface area is 81.4 Å². The first-order chi connectivity index (χ1) is 6.67. The number of carbonyl (C=O) groups is 1. The quantitative estimate of drug-likeness (QED) is 0.450. The number of phenolic OH excluding ortho intramolecular Hbond substituents is 1. The number of hydrogen-bond acceptors (Lipinski definition) is 4. The molecule has 74 valence electrons. The summed E-state index contributed by atoms with van der Waals surface area (Å²) in [6.45, 7) is 3.26. The molecule has 0 saturated carbocycles. The number of methoxy groups -OCH3 is 1. The molecule has 1 aromatic rings. The smallest absolute Gasteiger partial charge is 0.335 e. The summed E-state index contributed by atoms with van der Waals surface area (Å²) in [5.41, 5.74) is 0. The lowest BCUT2D eigenvalue weighted by molar-refractivity contribution is -0.128. The molecule has 0 aliphatic carbocycles. The number of aromatic hydroxyl groups is 1. The van der Waals surface area contributed by atoms with Crippen molar-refractivity contribution in [1.82, 2.24) is 0 Å². The van der Waals surface area contributed by atoms with Gasteiger partial charge in [-0.1, -0.05) is 6.58 Å².